The van der Waals surface area contributed by atoms with Crippen LogP contribution in [0.2, 0.25) is 5.02 Å². The number of carbonyl (C=O) groups is 3. The van der Waals surface area contributed by atoms with Gasteiger partial charge < -0.3 is 25.3 Å². The Morgan fingerprint density at radius 3 is 2.88 bits per heavy atom. The summed E-state index contributed by atoms with van der Waals surface area (Å²) in [6, 6.07) is 8.58. The van der Waals surface area contributed by atoms with Gasteiger partial charge in [-0.1, -0.05) is 35.9 Å². The van der Waals surface area contributed by atoms with Crippen LogP contribution in [-0.4, -0.2) is 46.6 Å². The monoisotopic (exact) mass is 566 g/mol. The minimum absolute atomic E-state index is 0.0131. The number of nitrogens with zero attached hydrogens (tertiary/aromatic N) is 2. The molecule has 3 heterocycles. The Kier molecular flexibility index (Phi) is 8.01. The van der Waals surface area contributed by atoms with E-state index in [4.69, 9.17) is 11.6 Å². The fraction of sp³-hybridized carbons (Fsp3) is 0.286. The number of fused-ring (bicyclic) bond motifs is 4. The zero-order valence-corrected chi connectivity index (χ0v) is 22.4. The molecule has 2 atom stereocenters. The molecule has 4 N–H and O–H groups in total. The summed E-state index contributed by atoms with van der Waals surface area (Å²) in [6.07, 6.45) is 6.53. The van der Waals surface area contributed by atoms with Crippen LogP contribution in [0.5, 0.6) is 0 Å². The van der Waals surface area contributed by atoms with Crippen molar-refractivity contribution in [2.45, 2.75) is 37.8 Å². The summed E-state index contributed by atoms with van der Waals surface area (Å²) in [5, 5.41) is 8.44. The molecule has 2 bridgehead atoms. The van der Waals surface area contributed by atoms with Gasteiger partial charge in [-0.2, -0.15) is 0 Å². The molecule has 12 heteroatoms. The van der Waals surface area contributed by atoms with Crippen LogP contribution in [-0.2, 0) is 9.53 Å². The maximum Gasteiger partial charge on any atom is 0.411 e. The lowest BCUT2D eigenvalue weighted by Gasteiger charge is -2.37. The third-order valence-corrected chi connectivity index (χ3v) is 7.23. The zero-order valence-electron chi connectivity index (χ0n) is 21.7. The summed E-state index contributed by atoms with van der Waals surface area (Å²) in [5.41, 5.74) is 2.57. The number of urea groups is 1. The highest BCUT2D eigenvalue weighted by molar-refractivity contribution is 6.30. The molecule has 3 aromatic rings. The third-order valence-electron chi connectivity index (χ3n) is 6.94. The quantitative estimate of drug-likeness (QED) is 0.292. The summed E-state index contributed by atoms with van der Waals surface area (Å²) in [4.78, 5) is 47.3. The van der Waals surface area contributed by atoms with Gasteiger partial charge in [0.25, 0.3) is 0 Å². The van der Waals surface area contributed by atoms with Crippen molar-refractivity contribution in [1.82, 2.24) is 20.2 Å². The van der Waals surface area contributed by atoms with Gasteiger partial charge in [-0.05, 0) is 43.5 Å². The zero-order chi connectivity index (χ0) is 28.2. The Labute approximate surface area is 234 Å². The molecule has 10 nitrogen and oxygen atoms in total. The molecule has 0 unspecified atom stereocenters. The van der Waals surface area contributed by atoms with Crippen LogP contribution >= 0.6 is 11.6 Å². The van der Waals surface area contributed by atoms with E-state index >= 15 is 0 Å². The minimum atomic E-state index is -0.632. The largest absolute Gasteiger partial charge is 0.453 e. The van der Waals surface area contributed by atoms with E-state index in [-0.39, 0.29) is 23.4 Å². The number of methoxy groups -OCH3 is 1. The number of allylic oxidation sites excluding steroid dienone is 1. The van der Waals surface area contributed by atoms with Gasteiger partial charge in [0.1, 0.15) is 11.6 Å². The Morgan fingerprint density at radius 2 is 2.08 bits per heavy atom. The van der Waals surface area contributed by atoms with Gasteiger partial charge in [0.05, 0.1) is 41.8 Å². The maximum absolute atomic E-state index is 14.6. The molecule has 2 aliphatic rings. The Hall–Kier alpha value is -4.38. The van der Waals surface area contributed by atoms with Crippen LogP contribution in [0.1, 0.15) is 49.2 Å². The molecule has 0 radical (unpaired) electrons. The Balaban J connectivity index is 1.44. The van der Waals surface area contributed by atoms with E-state index in [0.29, 0.717) is 59.8 Å². The number of rotatable bonds is 3. The van der Waals surface area contributed by atoms with Crippen LogP contribution in [0.25, 0.3) is 11.3 Å². The number of ether oxygens (including phenoxy) is 1. The second kappa shape index (κ2) is 11.8. The molecule has 2 aliphatic heterocycles. The molecule has 0 saturated carbocycles. The number of carbonyl (C=O) groups excluding carboxylic acids is 3. The molecule has 0 aliphatic carbocycles. The molecule has 4 amide bonds. The molecule has 1 fully saturated rings. The predicted octanol–water partition coefficient (Wildman–Crippen LogP) is 5.92. The fourth-order valence-corrected chi connectivity index (χ4v) is 5.10. The lowest BCUT2D eigenvalue weighted by molar-refractivity contribution is -0.116. The van der Waals surface area contributed by atoms with Crippen molar-refractivity contribution in [3.05, 3.63) is 77.0 Å². The third kappa shape index (κ3) is 5.79. The number of aromatic amines is 1. The number of halogens is 2. The van der Waals surface area contributed by atoms with Gasteiger partial charge in [-0.3, -0.25) is 10.1 Å². The van der Waals surface area contributed by atoms with Crippen LogP contribution in [0.4, 0.5) is 25.4 Å². The highest BCUT2D eigenvalue weighted by Gasteiger charge is 2.34. The summed E-state index contributed by atoms with van der Waals surface area (Å²) >= 11 is 5.96. The fourth-order valence-electron chi connectivity index (χ4n) is 4.92. The first kappa shape index (κ1) is 27.2. The van der Waals surface area contributed by atoms with Crippen molar-refractivity contribution in [2.24, 2.45) is 0 Å². The van der Waals surface area contributed by atoms with Crippen LogP contribution in [0.15, 0.2) is 54.7 Å². The van der Waals surface area contributed by atoms with E-state index in [1.54, 1.807) is 41.4 Å². The highest BCUT2D eigenvalue weighted by atomic mass is 35.5. The number of hydrogen-bond acceptors (Lipinski definition) is 5. The average Bonchev–Trinajstić information content (AvgIpc) is 3.42. The first-order chi connectivity index (χ1) is 19.3. The second-order valence-electron chi connectivity index (χ2n) is 9.50. The van der Waals surface area contributed by atoms with E-state index in [1.807, 2.05) is 12.2 Å². The summed E-state index contributed by atoms with van der Waals surface area (Å²) < 4.78 is 19.3. The number of H-pyrrole nitrogens is 1. The molecule has 1 aromatic heterocycles. The van der Waals surface area contributed by atoms with Crippen molar-refractivity contribution >= 4 is 41.0 Å². The van der Waals surface area contributed by atoms with Crippen LogP contribution in [0.3, 0.4) is 0 Å². The van der Waals surface area contributed by atoms with Crippen LogP contribution in [0, 0.1) is 5.82 Å². The van der Waals surface area contributed by atoms with Crippen molar-refractivity contribution in [3.8, 4) is 11.3 Å². The van der Waals surface area contributed by atoms with Gasteiger partial charge in [-0.15, -0.1) is 0 Å². The molecule has 2 aromatic carbocycles. The molecule has 0 spiro atoms. The summed E-state index contributed by atoms with van der Waals surface area (Å²) in [5.74, 6) is -0.155. The molecule has 5 rings (SSSR count). The Bertz CT molecular complexity index is 1470. The number of aromatic nitrogens is 2. The van der Waals surface area contributed by atoms with Crippen molar-refractivity contribution < 1.29 is 23.5 Å². The number of nitrogens with one attached hydrogen (secondary N) is 4. The number of benzene rings is 2. The van der Waals surface area contributed by atoms with Crippen molar-refractivity contribution in [3.63, 3.8) is 0 Å². The van der Waals surface area contributed by atoms with Crippen molar-refractivity contribution in [1.29, 1.82) is 0 Å². The van der Waals surface area contributed by atoms with Crippen molar-refractivity contribution in [2.75, 3.05) is 24.3 Å². The Morgan fingerprint density at radius 1 is 1.23 bits per heavy atom. The predicted molar refractivity (Wildman–Crippen MR) is 148 cm³/mol. The number of hydrogen-bond donors (Lipinski definition) is 4. The number of amides is 4. The molecular weight excluding hydrogens is 539 g/mol. The number of anilines is 2. The summed E-state index contributed by atoms with van der Waals surface area (Å²) in [6.45, 7) is 0.371. The van der Waals surface area contributed by atoms with Gasteiger partial charge in [-0.25, -0.2) is 19.0 Å². The van der Waals surface area contributed by atoms with Gasteiger partial charge in [0.15, 0.2) is 0 Å². The van der Waals surface area contributed by atoms with E-state index in [2.05, 4.69) is 30.7 Å². The topological polar surface area (TPSA) is 128 Å². The lowest BCUT2D eigenvalue weighted by Crippen LogP contribution is -2.49. The molecule has 1 saturated heterocycles. The van der Waals surface area contributed by atoms with E-state index < -0.39 is 24.0 Å². The smallest absolute Gasteiger partial charge is 0.411 e. The standard InChI is InChI=1S/C28H28ClFN6O4/c1-40-28(39)32-16-10-11-17-21(14-16)33-24(37)9-4-2-3-8-23(26-31-15-22(17)34-26)36-13-12-20(35-27(36)38)18-6-5-7-19(29)25(18)30/h2-3,5-7,10-11,14-15,20,23H,4,8-9,12-13H2,1H3,(H,31,34)(H,32,39)(H,33,37)(H,35,38)/b3-2+/t20-,23+/m1/s1. The summed E-state index contributed by atoms with van der Waals surface area (Å²) in [7, 11) is 1.27. The molecule has 208 valence electrons. The number of imidazole rings is 1. The average molecular weight is 567 g/mol. The van der Waals surface area contributed by atoms with E-state index in [0.717, 1.165) is 0 Å². The van der Waals surface area contributed by atoms with Gasteiger partial charge >= 0.3 is 12.1 Å². The minimum Gasteiger partial charge on any atom is -0.453 e. The van der Waals surface area contributed by atoms with Gasteiger partial charge in [0, 0.05) is 29.8 Å². The lowest BCUT2D eigenvalue weighted by atomic mass is 10.00. The molecule has 40 heavy (non-hydrogen) atoms. The normalized spacial score (nSPS) is 20.1. The molecular formula is C28H28ClFN6O4. The first-order valence-corrected chi connectivity index (χ1v) is 13.2. The first-order valence-electron chi connectivity index (χ1n) is 12.8. The second-order valence-corrected chi connectivity index (χ2v) is 9.90. The van der Waals surface area contributed by atoms with E-state index in [9.17, 15) is 18.8 Å². The van der Waals surface area contributed by atoms with E-state index in [1.165, 1.54) is 13.2 Å². The maximum atomic E-state index is 14.6. The van der Waals surface area contributed by atoms with Crippen LogP contribution < -0.4 is 16.0 Å². The highest BCUT2D eigenvalue weighted by Crippen LogP contribution is 2.35. The van der Waals surface area contributed by atoms with Gasteiger partial charge in [0.2, 0.25) is 5.91 Å². The SMILES string of the molecule is COC(=O)Nc1ccc2c(c1)NC(=O)CC/C=C/C[C@H](N1CC[C@H](c3cccc(Cl)c3F)NC1=O)c1ncc-2[nH]1.